The average Bonchev–Trinajstić information content (AvgIpc) is 2.51. The van der Waals surface area contributed by atoms with Gasteiger partial charge >= 0.3 is 0 Å². The second-order valence-electron chi connectivity index (χ2n) is 6.54. The topological polar surface area (TPSA) is 15.3 Å². The van der Waals surface area contributed by atoms with Crippen molar-refractivity contribution >= 4 is 0 Å². The first-order chi connectivity index (χ1) is 10.2. The number of likely N-dealkylation sites (tertiary alicyclic amines) is 1. The molecule has 1 aliphatic rings. The quantitative estimate of drug-likeness (QED) is 0.855. The van der Waals surface area contributed by atoms with Crippen LogP contribution >= 0.6 is 0 Å². The molecule has 3 atom stereocenters. The minimum Gasteiger partial charge on any atom is -0.314 e. The summed E-state index contributed by atoms with van der Waals surface area (Å²) in [5.74, 6) is 0.721. The van der Waals surface area contributed by atoms with E-state index in [2.05, 4.69) is 62.2 Å². The van der Waals surface area contributed by atoms with Crippen molar-refractivity contribution in [3.8, 4) is 0 Å². The summed E-state index contributed by atoms with van der Waals surface area (Å²) in [4.78, 5) is 2.67. The fourth-order valence-electron chi connectivity index (χ4n) is 3.56. The highest BCUT2D eigenvalue weighted by molar-refractivity contribution is 5.27. The molecule has 1 fully saturated rings. The van der Waals surface area contributed by atoms with Crippen LogP contribution in [0.5, 0.6) is 0 Å². The molecule has 0 aliphatic carbocycles. The summed E-state index contributed by atoms with van der Waals surface area (Å²) in [6, 6.07) is 10.3. The fraction of sp³-hybridized carbons (Fsp3) is 0.684. The predicted octanol–water partition coefficient (Wildman–Crippen LogP) is 3.85. The summed E-state index contributed by atoms with van der Waals surface area (Å²) >= 11 is 0. The van der Waals surface area contributed by atoms with Crippen LogP contribution in [-0.4, -0.2) is 30.1 Å². The third kappa shape index (κ3) is 4.08. The van der Waals surface area contributed by atoms with Gasteiger partial charge < -0.3 is 5.32 Å². The van der Waals surface area contributed by atoms with E-state index in [0.717, 1.165) is 25.4 Å². The lowest BCUT2D eigenvalue weighted by Gasteiger charge is -2.43. The normalized spacial score (nSPS) is 27.0. The summed E-state index contributed by atoms with van der Waals surface area (Å²) < 4.78 is 0. The van der Waals surface area contributed by atoms with Crippen molar-refractivity contribution in [3.05, 3.63) is 35.4 Å². The average molecular weight is 288 g/mol. The number of hydrogen-bond donors (Lipinski definition) is 1. The molecule has 3 unspecified atom stereocenters. The molecule has 2 nitrogen and oxygen atoms in total. The van der Waals surface area contributed by atoms with E-state index in [1.165, 1.54) is 30.5 Å². The van der Waals surface area contributed by atoms with Crippen LogP contribution < -0.4 is 5.32 Å². The Hall–Kier alpha value is -0.860. The van der Waals surface area contributed by atoms with Crippen molar-refractivity contribution in [1.29, 1.82) is 0 Å². The minimum atomic E-state index is 0.651. The lowest BCUT2D eigenvalue weighted by atomic mass is 9.86. The molecule has 118 valence electrons. The Labute approximate surface area is 130 Å². The van der Waals surface area contributed by atoms with Crippen LogP contribution in [0.4, 0.5) is 0 Å². The zero-order chi connectivity index (χ0) is 15.2. The first-order valence-corrected chi connectivity index (χ1v) is 8.71. The van der Waals surface area contributed by atoms with Crippen molar-refractivity contribution in [2.75, 3.05) is 13.1 Å². The monoisotopic (exact) mass is 288 g/mol. The third-order valence-electron chi connectivity index (χ3n) is 5.23. The molecule has 0 amide bonds. The Kier molecular flexibility index (Phi) is 6.25. The molecular formula is C19H32N2. The van der Waals surface area contributed by atoms with Crippen LogP contribution in [0.15, 0.2) is 24.3 Å². The van der Waals surface area contributed by atoms with Gasteiger partial charge in [0.15, 0.2) is 0 Å². The minimum absolute atomic E-state index is 0.651. The molecule has 1 saturated heterocycles. The van der Waals surface area contributed by atoms with Crippen molar-refractivity contribution in [3.63, 3.8) is 0 Å². The first-order valence-electron chi connectivity index (χ1n) is 8.71. The van der Waals surface area contributed by atoms with E-state index in [1.54, 1.807) is 0 Å². The second-order valence-corrected chi connectivity index (χ2v) is 6.54. The number of nitrogens with zero attached hydrogens (tertiary/aromatic N) is 1. The Morgan fingerprint density at radius 1 is 1.14 bits per heavy atom. The van der Waals surface area contributed by atoms with E-state index in [4.69, 9.17) is 0 Å². The van der Waals surface area contributed by atoms with Crippen LogP contribution in [0.25, 0.3) is 0 Å². The summed E-state index contributed by atoms with van der Waals surface area (Å²) in [7, 11) is 0. The summed E-state index contributed by atoms with van der Waals surface area (Å²) in [5.41, 5.74) is 3.02. The molecule has 1 aromatic carbocycles. The highest BCUT2D eigenvalue weighted by Crippen LogP contribution is 2.26. The van der Waals surface area contributed by atoms with Gasteiger partial charge in [-0.15, -0.1) is 0 Å². The number of benzene rings is 1. The molecule has 1 N–H and O–H groups in total. The van der Waals surface area contributed by atoms with E-state index in [9.17, 15) is 0 Å². The highest BCUT2D eigenvalue weighted by Gasteiger charge is 2.31. The van der Waals surface area contributed by atoms with Gasteiger partial charge in [-0.2, -0.15) is 0 Å². The zero-order valence-corrected chi connectivity index (χ0v) is 14.2. The Bertz CT molecular complexity index is 429. The first kappa shape index (κ1) is 16.5. The van der Waals surface area contributed by atoms with Crippen LogP contribution in [0.1, 0.15) is 51.7 Å². The van der Waals surface area contributed by atoms with Crippen LogP contribution in [0.3, 0.4) is 0 Å². The SMILES string of the molecule is CCCNC1CCN(Cc2ccccc2CC)C(C)C1C. The molecule has 0 saturated carbocycles. The highest BCUT2D eigenvalue weighted by atomic mass is 15.2. The number of piperidine rings is 1. The van der Waals surface area contributed by atoms with Crippen LogP contribution in [0.2, 0.25) is 0 Å². The van der Waals surface area contributed by atoms with Crippen LogP contribution in [-0.2, 0) is 13.0 Å². The molecule has 1 aliphatic heterocycles. The maximum atomic E-state index is 3.73. The number of aryl methyl sites for hydroxylation is 1. The van der Waals surface area contributed by atoms with Gasteiger partial charge in [0.05, 0.1) is 0 Å². The van der Waals surface area contributed by atoms with E-state index < -0.39 is 0 Å². The summed E-state index contributed by atoms with van der Waals surface area (Å²) in [6.07, 6.45) is 3.64. The lowest BCUT2D eigenvalue weighted by Crippen LogP contribution is -2.53. The molecule has 0 spiro atoms. The van der Waals surface area contributed by atoms with Crippen LogP contribution in [0, 0.1) is 5.92 Å². The standard InChI is InChI=1S/C19H32N2/c1-5-12-20-19-11-13-21(16(4)15(19)3)14-18-10-8-7-9-17(18)6-2/h7-10,15-16,19-20H,5-6,11-14H2,1-4H3. The largest absolute Gasteiger partial charge is 0.314 e. The summed E-state index contributed by atoms with van der Waals surface area (Å²) in [5, 5.41) is 3.73. The molecule has 1 heterocycles. The molecule has 2 rings (SSSR count). The Morgan fingerprint density at radius 3 is 2.52 bits per heavy atom. The van der Waals surface area contributed by atoms with Crippen molar-refractivity contribution in [2.45, 2.75) is 65.6 Å². The smallest absolute Gasteiger partial charge is 0.0239 e. The van der Waals surface area contributed by atoms with Gasteiger partial charge in [0.25, 0.3) is 0 Å². The fourth-order valence-corrected chi connectivity index (χ4v) is 3.56. The van der Waals surface area contributed by atoms with Gasteiger partial charge in [0.2, 0.25) is 0 Å². The molecule has 1 aromatic rings. The maximum absolute atomic E-state index is 3.73. The van der Waals surface area contributed by atoms with E-state index in [1.807, 2.05) is 0 Å². The van der Waals surface area contributed by atoms with Gasteiger partial charge in [0, 0.05) is 25.2 Å². The molecular weight excluding hydrogens is 256 g/mol. The van der Waals surface area contributed by atoms with Gasteiger partial charge in [0.1, 0.15) is 0 Å². The zero-order valence-electron chi connectivity index (χ0n) is 14.2. The summed E-state index contributed by atoms with van der Waals surface area (Å²) in [6.45, 7) is 12.8. The van der Waals surface area contributed by atoms with E-state index in [0.29, 0.717) is 12.1 Å². The molecule has 0 bridgehead atoms. The predicted molar refractivity (Wildman–Crippen MR) is 91.6 cm³/mol. The second kappa shape index (κ2) is 7.95. The van der Waals surface area contributed by atoms with Crippen molar-refractivity contribution in [2.24, 2.45) is 5.92 Å². The van der Waals surface area contributed by atoms with Gasteiger partial charge in [-0.3, -0.25) is 4.90 Å². The molecule has 2 heteroatoms. The van der Waals surface area contributed by atoms with Gasteiger partial charge in [-0.05, 0) is 49.8 Å². The van der Waals surface area contributed by atoms with E-state index >= 15 is 0 Å². The van der Waals surface area contributed by atoms with Crippen molar-refractivity contribution in [1.82, 2.24) is 10.2 Å². The molecule has 21 heavy (non-hydrogen) atoms. The van der Waals surface area contributed by atoms with Gasteiger partial charge in [-0.25, -0.2) is 0 Å². The third-order valence-corrected chi connectivity index (χ3v) is 5.23. The number of nitrogens with one attached hydrogen (secondary N) is 1. The maximum Gasteiger partial charge on any atom is 0.0239 e. The molecule has 0 radical (unpaired) electrons. The van der Waals surface area contributed by atoms with Gasteiger partial charge in [-0.1, -0.05) is 45.0 Å². The van der Waals surface area contributed by atoms with E-state index in [-0.39, 0.29) is 0 Å². The lowest BCUT2D eigenvalue weighted by molar-refractivity contribution is 0.0783. The Morgan fingerprint density at radius 2 is 1.86 bits per heavy atom. The van der Waals surface area contributed by atoms with Crippen molar-refractivity contribution < 1.29 is 0 Å². The number of hydrogen-bond acceptors (Lipinski definition) is 2. The number of rotatable bonds is 6. The Balaban J connectivity index is 1.99. The molecule has 0 aromatic heterocycles.